The van der Waals surface area contributed by atoms with Crippen LogP contribution < -0.4 is 0 Å². The third-order valence-corrected chi connectivity index (χ3v) is 2.48. The van der Waals surface area contributed by atoms with Gasteiger partial charge in [0.25, 0.3) is 5.91 Å². The molecule has 2 rings (SSSR count). The maximum absolute atomic E-state index is 11.3. The molecule has 1 aliphatic heterocycles. The number of amides is 1. The van der Waals surface area contributed by atoms with E-state index in [0.29, 0.717) is 26.1 Å². The van der Waals surface area contributed by atoms with Gasteiger partial charge in [-0.05, 0) is 6.42 Å². The zero-order valence-electron chi connectivity index (χ0n) is 8.83. The van der Waals surface area contributed by atoms with Crippen LogP contribution in [0.1, 0.15) is 6.42 Å². The van der Waals surface area contributed by atoms with Crippen molar-refractivity contribution in [3.05, 3.63) is 18.7 Å². The van der Waals surface area contributed by atoms with Gasteiger partial charge in [-0.3, -0.25) is 4.79 Å². The third-order valence-electron chi connectivity index (χ3n) is 2.48. The van der Waals surface area contributed by atoms with Gasteiger partial charge in [0.2, 0.25) is 0 Å². The fraction of sp³-hybridized carbons (Fsp3) is 0.455. The molecule has 84 valence electrons. The first-order valence-electron chi connectivity index (χ1n) is 5.15. The van der Waals surface area contributed by atoms with Crippen molar-refractivity contribution in [2.45, 2.75) is 19.1 Å². The number of aromatic nitrogens is 2. The summed E-state index contributed by atoms with van der Waals surface area (Å²) < 4.78 is 1.85. The van der Waals surface area contributed by atoms with Crippen LogP contribution in [0.2, 0.25) is 0 Å². The quantitative estimate of drug-likeness (QED) is 0.681. The Morgan fingerprint density at radius 2 is 2.31 bits per heavy atom. The SMILES string of the molecule is O=C1[C@@H](O)CCN1CC#CCn1ccnc1. The number of hydrogen-bond donors (Lipinski definition) is 1. The zero-order valence-corrected chi connectivity index (χ0v) is 8.83. The number of likely N-dealkylation sites (tertiary alicyclic amines) is 1. The maximum Gasteiger partial charge on any atom is 0.252 e. The van der Waals surface area contributed by atoms with E-state index < -0.39 is 6.10 Å². The lowest BCUT2D eigenvalue weighted by atomic mass is 10.3. The van der Waals surface area contributed by atoms with E-state index in [2.05, 4.69) is 16.8 Å². The molecule has 1 fully saturated rings. The van der Waals surface area contributed by atoms with Gasteiger partial charge >= 0.3 is 0 Å². The first kappa shape index (κ1) is 10.7. The molecule has 1 aromatic rings. The van der Waals surface area contributed by atoms with E-state index in [0.717, 1.165) is 0 Å². The molecule has 0 radical (unpaired) electrons. The minimum atomic E-state index is -0.824. The average Bonchev–Trinajstić information content (AvgIpc) is 2.88. The van der Waals surface area contributed by atoms with Gasteiger partial charge in [0.1, 0.15) is 6.10 Å². The summed E-state index contributed by atoms with van der Waals surface area (Å²) in [5, 5.41) is 9.22. The summed E-state index contributed by atoms with van der Waals surface area (Å²) in [4.78, 5) is 16.8. The van der Waals surface area contributed by atoms with Crippen molar-refractivity contribution < 1.29 is 9.90 Å². The second-order valence-corrected chi connectivity index (χ2v) is 3.65. The highest BCUT2D eigenvalue weighted by molar-refractivity contribution is 5.82. The van der Waals surface area contributed by atoms with Crippen LogP contribution in [0.15, 0.2) is 18.7 Å². The van der Waals surface area contributed by atoms with Gasteiger partial charge in [-0.2, -0.15) is 0 Å². The van der Waals surface area contributed by atoms with Crippen LogP contribution in [0.25, 0.3) is 0 Å². The number of aliphatic hydroxyl groups excluding tert-OH is 1. The topological polar surface area (TPSA) is 58.4 Å². The molecule has 1 N–H and O–H groups in total. The number of aliphatic hydroxyl groups is 1. The van der Waals surface area contributed by atoms with E-state index in [4.69, 9.17) is 0 Å². The molecule has 0 aliphatic carbocycles. The van der Waals surface area contributed by atoms with Crippen molar-refractivity contribution in [1.82, 2.24) is 14.5 Å². The molecular weight excluding hydrogens is 206 g/mol. The van der Waals surface area contributed by atoms with E-state index in [-0.39, 0.29) is 5.91 Å². The van der Waals surface area contributed by atoms with E-state index in [1.807, 2.05) is 10.8 Å². The highest BCUT2D eigenvalue weighted by Gasteiger charge is 2.28. The molecule has 1 amide bonds. The summed E-state index contributed by atoms with van der Waals surface area (Å²) in [7, 11) is 0. The number of carbonyl (C=O) groups is 1. The van der Waals surface area contributed by atoms with Gasteiger partial charge in [0.05, 0.1) is 19.4 Å². The Bertz CT molecular complexity index is 416. The molecule has 1 aromatic heterocycles. The highest BCUT2D eigenvalue weighted by atomic mass is 16.3. The molecule has 16 heavy (non-hydrogen) atoms. The lowest BCUT2D eigenvalue weighted by molar-refractivity contribution is -0.133. The predicted octanol–water partition coefficient (Wildman–Crippen LogP) is -0.520. The summed E-state index contributed by atoms with van der Waals surface area (Å²) in [6.45, 7) is 1.56. The molecule has 1 saturated heterocycles. The number of carbonyl (C=O) groups excluding carboxylic acids is 1. The molecule has 2 heterocycles. The minimum absolute atomic E-state index is 0.211. The number of nitrogens with zero attached hydrogens (tertiary/aromatic N) is 3. The van der Waals surface area contributed by atoms with Gasteiger partial charge in [0, 0.05) is 18.9 Å². The largest absolute Gasteiger partial charge is 0.383 e. The van der Waals surface area contributed by atoms with Crippen LogP contribution in [0, 0.1) is 11.8 Å². The zero-order chi connectivity index (χ0) is 11.4. The Kier molecular flexibility index (Phi) is 3.22. The smallest absolute Gasteiger partial charge is 0.252 e. The predicted molar refractivity (Wildman–Crippen MR) is 57.2 cm³/mol. The molecule has 1 atom stereocenters. The molecule has 1 aliphatic rings. The standard InChI is InChI=1S/C11H13N3O2/c15-10-3-7-14(11(10)16)6-2-1-5-13-8-4-12-9-13/h4,8-10,15H,3,5-7H2/t10-/m0/s1. The molecular formula is C11H13N3O2. The Morgan fingerprint density at radius 3 is 2.94 bits per heavy atom. The van der Waals surface area contributed by atoms with Gasteiger partial charge in [0.15, 0.2) is 0 Å². The Balaban J connectivity index is 1.80. The fourth-order valence-electron chi connectivity index (χ4n) is 1.56. The fourth-order valence-corrected chi connectivity index (χ4v) is 1.56. The molecule has 0 saturated carbocycles. The Hall–Kier alpha value is -1.80. The van der Waals surface area contributed by atoms with Crippen LogP contribution in [0.4, 0.5) is 0 Å². The van der Waals surface area contributed by atoms with Crippen molar-refractivity contribution in [3.63, 3.8) is 0 Å². The van der Waals surface area contributed by atoms with Gasteiger partial charge in [-0.15, -0.1) is 0 Å². The lowest BCUT2D eigenvalue weighted by Gasteiger charge is -2.10. The molecule has 0 bridgehead atoms. The number of imidazole rings is 1. The van der Waals surface area contributed by atoms with Crippen molar-refractivity contribution in [2.75, 3.05) is 13.1 Å². The number of rotatable bonds is 2. The van der Waals surface area contributed by atoms with Crippen LogP contribution >= 0.6 is 0 Å². The monoisotopic (exact) mass is 219 g/mol. The van der Waals surface area contributed by atoms with Crippen LogP contribution in [-0.4, -0.2) is 44.7 Å². The van der Waals surface area contributed by atoms with Crippen molar-refractivity contribution in [3.8, 4) is 11.8 Å². The molecule has 0 aromatic carbocycles. The van der Waals surface area contributed by atoms with Crippen LogP contribution in [0.3, 0.4) is 0 Å². The second-order valence-electron chi connectivity index (χ2n) is 3.65. The van der Waals surface area contributed by atoms with Gasteiger partial charge in [-0.25, -0.2) is 4.98 Å². The first-order chi connectivity index (χ1) is 7.77. The van der Waals surface area contributed by atoms with Crippen molar-refractivity contribution in [2.24, 2.45) is 0 Å². The van der Waals surface area contributed by atoms with E-state index >= 15 is 0 Å². The van der Waals surface area contributed by atoms with E-state index in [1.165, 1.54) is 0 Å². The first-order valence-corrected chi connectivity index (χ1v) is 5.15. The second kappa shape index (κ2) is 4.81. The average molecular weight is 219 g/mol. The summed E-state index contributed by atoms with van der Waals surface area (Å²) in [6.07, 6.45) is 4.92. The summed E-state index contributed by atoms with van der Waals surface area (Å²) in [6, 6.07) is 0. The summed E-state index contributed by atoms with van der Waals surface area (Å²) >= 11 is 0. The van der Waals surface area contributed by atoms with Gasteiger partial charge in [-0.1, -0.05) is 11.8 Å². The number of hydrogen-bond acceptors (Lipinski definition) is 3. The van der Waals surface area contributed by atoms with E-state index in [1.54, 1.807) is 17.4 Å². The van der Waals surface area contributed by atoms with Crippen LogP contribution in [0.5, 0.6) is 0 Å². The Morgan fingerprint density at radius 1 is 1.50 bits per heavy atom. The van der Waals surface area contributed by atoms with E-state index in [9.17, 15) is 9.90 Å². The third kappa shape index (κ3) is 2.41. The molecule has 5 heteroatoms. The van der Waals surface area contributed by atoms with Crippen molar-refractivity contribution in [1.29, 1.82) is 0 Å². The Labute approximate surface area is 93.7 Å². The normalized spacial score (nSPS) is 19.7. The maximum atomic E-state index is 11.3. The molecule has 5 nitrogen and oxygen atoms in total. The minimum Gasteiger partial charge on any atom is -0.383 e. The summed E-state index contributed by atoms with van der Waals surface area (Å²) in [5.41, 5.74) is 0. The lowest BCUT2D eigenvalue weighted by Crippen LogP contribution is -2.29. The molecule has 0 unspecified atom stereocenters. The van der Waals surface area contributed by atoms with Crippen LogP contribution in [-0.2, 0) is 11.3 Å². The molecule has 0 spiro atoms. The van der Waals surface area contributed by atoms with Gasteiger partial charge < -0.3 is 14.6 Å². The highest BCUT2D eigenvalue weighted by Crippen LogP contribution is 2.09. The summed E-state index contributed by atoms with van der Waals surface area (Å²) in [5.74, 6) is 5.65. The van der Waals surface area contributed by atoms with Crippen molar-refractivity contribution >= 4 is 5.91 Å².